The Balaban J connectivity index is 1.48. The molecular formula is C55H103NO18. The number of hydrogen-bond acceptors (Lipinski definition) is 18. The summed E-state index contributed by atoms with van der Waals surface area (Å²) in [5.74, 6) is -0.246. The van der Waals surface area contributed by atoms with Gasteiger partial charge >= 0.3 is 0 Å². The summed E-state index contributed by atoms with van der Waals surface area (Å²) in [4.78, 5) is 13.3. The Morgan fingerprint density at radius 3 is 1.31 bits per heavy atom. The summed E-state index contributed by atoms with van der Waals surface area (Å²) >= 11 is 0. The fourth-order valence-corrected chi connectivity index (χ4v) is 10.0. The summed E-state index contributed by atoms with van der Waals surface area (Å²) in [6, 6.07) is -0.882. The van der Waals surface area contributed by atoms with E-state index in [1.807, 2.05) is 0 Å². The topological polar surface area (TPSA) is 307 Å². The molecule has 3 rings (SSSR count). The van der Waals surface area contributed by atoms with Gasteiger partial charge in [0.05, 0.1) is 38.6 Å². The fourth-order valence-electron chi connectivity index (χ4n) is 10.0. The quantitative estimate of drug-likeness (QED) is 0.0301. The lowest BCUT2D eigenvalue weighted by atomic mass is 9.96. The van der Waals surface area contributed by atoms with E-state index in [1.54, 1.807) is 0 Å². The monoisotopic (exact) mass is 1070 g/mol. The highest BCUT2D eigenvalue weighted by Gasteiger charge is 2.53. The molecule has 3 saturated heterocycles. The van der Waals surface area contributed by atoms with Crippen LogP contribution in [0.15, 0.2) is 12.2 Å². The number of nitrogens with one attached hydrogen (secondary N) is 1. The van der Waals surface area contributed by atoms with Gasteiger partial charge in [-0.2, -0.15) is 0 Å². The Morgan fingerprint density at radius 1 is 0.473 bits per heavy atom. The SMILES string of the molecule is CCCCCCCC/C=C\CCCCCCCCCCCC(=O)NC(COC1OC(CO)C(OC2OC(CO)C(OC3OC(CO)C(O)C(O)C3O)C(O)C2O)C(O)C1O)C(O)CCCCCCCCCCCC. The van der Waals surface area contributed by atoms with Crippen molar-refractivity contribution in [3.8, 4) is 0 Å². The number of unbranched alkanes of at least 4 members (excludes halogenated alkanes) is 24. The normalized spacial score (nSPS) is 31.5. The molecule has 17 atom stereocenters. The van der Waals surface area contributed by atoms with Gasteiger partial charge in [-0.25, -0.2) is 0 Å². The van der Waals surface area contributed by atoms with Crippen LogP contribution >= 0.6 is 0 Å². The third-order valence-corrected chi connectivity index (χ3v) is 14.8. The van der Waals surface area contributed by atoms with E-state index in [1.165, 1.54) is 116 Å². The molecule has 3 aliphatic rings. The van der Waals surface area contributed by atoms with Crippen molar-refractivity contribution in [1.82, 2.24) is 5.32 Å². The average Bonchev–Trinajstić information content (AvgIpc) is 3.40. The van der Waals surface area contributed by atoms with Crippen LogP contribution in [-0.4, -0.2) is 193 Å². The number of amides is 1. The van der Waals surface area contributed by atoms with E-state index in [9.17, 15) is 61.0 Å². The Morgan fingerprint density at radius 2 is 0.851 bits per heavy atom. The van der Waals surface area contributed by atoms with Crippen LogP contribution in [0.5, 0.6) is 0 Å². The van der Waals surface area contributed by atoms with E-state index in [2.05, 4.69) is 31.3 Å². The highest BCUT2D eigenvalue weighted by Crippen LogP contribution is 2.33. The highest BCUT2D eigenvalue weighted by molar-refractivity contribution is 5.76. The molecule has 436 valence electrons. The summed E-state index contributed by atoms with van der Waals surface area (Å²) in [7, 11) is 0. The van der Waals surface area contributed by atoms with Gasteiger partial charge in [0.15, 0.2) is 18.9 Å². The second-order valence-corrected chi connectivity index (χ2v) is 21.1. The van der Waals surface area contributed by atoms with Crippen LogP contribution in [0.4, 0.5) is 0 Å². The number of ether oxygens (including phenoxy) is 6. The number of aliphatic hydroxyl groups excluding tert-OH is 11. The number of allylic oxidation sites excluding steroid dienone is 2. The number of aliphatic hydroxyl groups is 11. The predicted molar refractivity (Wildman–Crippen MR) is 277 cm³/mol. The van der Waals surface area contributed by atoms with Gasteiger partial charge in [-0.1, -0.05) is 167 Å². The van der Waals surface area contributed by atoms with Crippen molar-refractivity contribution in [2.45, 2.75) is 304 Å². The first-order valence-corrected chi connectivity index (χ1v) is 28.9. The third kappa shape index (κ3) is 24.3. The first-order valence-electron chi connectivity index (χ1n) is 28.9. The van der Waals surface area contributed by atoms with Gasteiger partial charge < -0.3 is 89.9 Å². The van der Waals surface area contributed by atoms with Crippen LogP contribution in [0.2, 0.25) is 0 Å². The zero-order chi connectivity index (χ0) is 54.1. The van der Waals surface area contributed by atoms with Gasteiger partial charge in [0.1, 0.15) is 73.2 Å². The Bertz CT molecular complexity index is 1410. The molecule has 1 amide bonds. The summed E-state index contributed by atoms with van der Waals surface area (Å²) < 4.78 is 34.2. The lowest BCUT2D eigenvalue weighted by molar-refractivity contribution is -0.379. The largest absolute Gasteiger partial charge is 0.394 e. The number of carbonyl (C=O) groups excluding carboxylic acids is 1. The van der Waals surface area contributed by atoms with E-state index >= 15 is 0 Å². The lowest BCUT2D eigenvalue weighted by Crippen LogP contribution is -2.66. The summed E-state index contributed by atoms with van der Waals surface area (Å²) in [5.41, 5.74) is 0. The van der Waals surface area contributed by atoms with Gasteiger partial charge in [0.2, 0.25) is 5.91 Å². The van der Waals surface area contributed by atoms with Crippen molar-refractivity contribution < 1.29 is 89.4 Å². The maximum absolute atomic E-state index is 13.3. The van der Waals surface area contributed by atoms with Crippen molar-refractivity contribution in [1.29, 1.82) is 0 Å². The summed E-state index contributed by atoms with van der Waals surface area (Å²) in [5, 5.41) is 120. The number of rotatable bonds is 42. The molecule has 0 spiro atoms. The molecule has 0 radical (unpaired) electrons. The maximum atomic E-state index is 13.3. The van der Waals surface area contributed by atoms with Crippen LogP contribution < -0.4 is 5.32 Å². The minimum Gasteiger partial charge on any atom is -0.394 e. The van der Waals surface area contributed by atoms with E-state index in [-0.39, 0.29) is 18.9 Å². The maximum Gasteiger partial charge on any atom is 0.220 e. The van der Waals surface area contributed by atoms with Crippen molar-refractivity contribution in [2.24, 2.45) is 0 Å². The lowest BCUT2D eigenvalue weighted by Gasteiger charge is -2.48. The minimum absolute atomic E-state index is 0.246. The molecule has 0 aromatic rings. The van der Waals surface area contributed by atoms with Crippen LogP contribution in [0.1, 0.15) is 200 Å². The zero-order valence-corrected chi connectivity index (χ0v) is 45.1. The highest BCUT2D eigenvalue weighted by atomic mass is 16.8. The third-order valence-electron chi connectivity index (χ3n) is 14.8. The van der Waals surface area contributed by atoms with E-state index in [0.29, 0.717) is 12.8 Å². The molecule has 0 aromatic heterocycles. The van der Waals surface area contributed by atoms with Crippen molar-refractivity contribution in [3.05, 3.63) is 12.2 Å². The van der Waals surface area contributed by atoms with Crippen LogP contribution in [-0.2, 0) is 33.2 Å². The van der Waals surface area contributed by atoms with Crippen LogP contribution in [0, 0.1) is 0 Å². The van der Waals surface area contributed by atoms with Crippen molar-refractivity contribution >= 4 is 5.91 Å². The molecule has 74 heavy (non-hydrogen) atoms. The molecule has 0 bridgehead atoms. The number of carbonyl (C=O) groups is 1. The Hall–Kier alpha value is -1.47. The average molecular weight is 1070 g/mol. The summed E-state index contributed by atoms with van der Waals surface area (Å²) in [6.45, 7) is 1.75. The fraction of sp³-hybridized carbons (Fsp3) is 0.945. The van der Waals surface area contributed by atoms with E-state index in [4.69, 9.17) is 28.4 Å². The van der Waals surface area contributed by atoms with E-state index < -0.39 is 124 Å². The molecule has 0 aliphatic carbocycles. The van der Waals surface area contributed by atoms with Crippen LogP contribution in [0.25, 0.3) is 0 Å². The molecule has 3 aliphatic heterocycles. The van der Waals surface area contributed by atoms with Gasteiger partial charge in [-0.05, 0) is 38.5 Å². The predicted octanol–water partition coefficient (Wildman–Crippen LogP) is 4.21. The standard InChI is InChI=1S/C55H103NO18/c1-3-5-7-9-11-13-15-16-17-18-19-20-21-22-23-25-27-29-31-33-43(61)56-38(39(60)32-30-28-26-24-14-12-10-8-6-4-2)37-69-53-49(67)46(64)51(41(35-58)71-53)74-55-50(68)47(65)52(42(36-59)72-55)73-54-48(66)45(63)44(62)40(34-57)70-54/h16-17,38-42,44-55,57-60,62-68H,3-15,18-37H2,1-2H3,(H,56,61)/b17-16-. The van der Waals surface area contributed by atoms with Gasteiger partial charge in [0.25, 0.3) is 0 Å². The molecule has 19 heteroatoms. The van der Waals surface area contributed by atoms with Gasteiger partial charge in [0, 0.05) is 6.42 Å². The summed E-state index contributed by atoms with van der Waals surface area (Å²) in [6.07, 6.45) is 10.3. The van der Waals surface area contributed by atoms with Gasteiger partial charge in [-0.3, -0.25) is 4.79 Å². The molecule has 17 unspecified atom stereocenters. The zero-order valence-electron chi connectivity index (χ0n) is 45.1. The molecule has 19 nitrogen and oxygen atoms in total. The van der Waals surface area contributed by atoms with Crippen molar-refractivity contribution in [2.75, 3.05) is 26.4 Å². The molecule has 0 saturated carbocycles. The van der Waals surface area contributed by atoms with Crippen molar-refractivity contribution in [3.63, 3.8) is 0 Å². The second kappa shape index (κ2) is 39.8. The molecule has 3 fully saturated rings. The molecule has 12 N–H and O–H groups in total. The first kappa shape index (κ1) is 66.8. The number of hydrogen-bond donors (Lipinski definition) is 12. The Labute approximate surface area is 442 Å². The second-order valence-electron chi connectivity index (χ2n) is 21.1. The minimum atomic E-state index is -1.97. The first-order chi connectivity index (χ1) is 35.8. The Kier molecular flexibility index (Phi) is 35.9. The molecule has 0 aromatic carbocycles. The smallest absolute Gasteiger partial charge is 0.220 e. The molecule has 3 heterocycles. The molecular weight excluding hydrogens is 963 g/mol. The van der Waals surface area contributed by atoms with Crippen LogP contribution in [0.3, 0.4) is 0 Å². The van der Waals surface area contributed by atoms with E-state index in [0.717, 1.165) is 51.4 Å². The van der Waals surface area contributed by atoms with Gasteiger partial charge in [-0.15, -0.1) is 0 Å².